The summed E-state index contributed by atoms with van der Waals surface area (Å²) < 4.78 is 31.0. The number of esters is 1. The Morgan fingerprint density at radius 3 is 2.76 bits per heavy atom. The highest BCUT2D eigenvalue weighted by atomic mass is 19.3. The quantitative estimate of drug-likeness (QED) is 0.707. The third-order valence-corrected chi connectivity index (χ3v) is 2.85. The standard InChI is InChI=1S/C12H10F2O3/c1-17-11(16)9-4-2-3-8-7(9)5-6-12(13,14)10(8)15/h2-4H,5-6H2,1H3. The van der Waals surface area contributed by atoms with E-state index in [1.54, 1.807) is 0 Å². The highest BCUT2D eigenvalue weighted by Crippen LogP contribution is 2.34. The minimum atomic E-state index is -3.33. The number of rotatable bonds is 1. The summed E-state index contributed by atoms with van der Waals surface area (Å²) in [5, 5.41) is 0. The van der Waals surface area contributed by atoms with Crippen molar-refractivity contribution in [3.63, 3.8) is 0 Å². The van der Waals surface area contributed by atoms with Crippen molar-refractivity contribution in [2.75, 3.05) is 7.11 Å². The van der Waals surface area contributed by atoms with Crippen LogP contribution < -0.4 is 0 Å². The van der Waals surface area contributed by atoms with E-state index in [1.165, 1.54) is 25.3 Å². The van der Waals surface area contributed by atoms with Crippen molar-refractivity contribution in [1.29, 1.82) is 0 Å². The van der Waals surface area contributed by atoms with Crippen molar-refractivity contribution in [2.45, 2.75) is 18.8 Å². The van der Waals surface area contributed by atoms with Gasteiger partial charge in [-0.2, -0.15) is 8.78 Å². The fourth-order valence-electron chi connectivity index (χ4n) is 1.96. The zero-order chi connectivity index (χ0) is 12.6. The van der Waals surface area contributed by atoms with E-state index in [0.717, 1.165) is 0 Å². The zero-order valence-corrected chi connectivity index (χ0v) is 9.13. The topological polar surface area (TPSA) is 43.4 Å². The van der Waals surface area contributed by atoms with E-state index in [4.69, 9.17) is 0 Å². The SMILES string of the molecule is COC(=O)c1cccc2c1CCC(F)(F)C2=O. The van der Waals surface area contributed by atoms with Gasteiger partial charge in [0.2, 0.25) is 5.78 Å². The molecule has 0 heterocycles. The van der Waals surface area contributed by atoms with Gasteiger partial charge in [-0.3, -0.25) is 4.79 Å². The lowest BCUT2D eigenvalue weighted by Gasteiger charge is -2.24. The summed E-state index contributed by atoms with van der Waals surface area (Å²) in [6.45, 7) is 0. The summed E-state index contributed by atoms with van der Waals surface area (Å²) in [6.07, 6.45) is -0.563. The highest BCUT2D eigenvalue weighted by Gasteiger charge is 2.44. The first-order valence-corrected chi connectivity index (χ1v) is 5.10. The van der Waals surface area contributed by atoms with Crippen molar-refractivity contribution in [3.05, 3.63) is 34.9 Å². The molecule has 17 heavy (non-hydrogen) atoms. The molecule has 0 spiro atoms. The molecule has 0 saturated heterocycles. The number of ether oxygens (including phenoxy) is 1. The van der Waals surface area contributed by atoms with E-state index in [9.17, 15) is 18.4 Å². The van der Waals surface area contributed by atoms with Gasteiger partial charge in [-0.15, -0.1) is 0 Å². The first-order chi connectivity index (χ1) is 7.97. The van der Waals surface area contributed by atoms with Crippen LogP contribution in [-0.4, -0.2) is 24.8 Å². The molecule has 1 aromatic carbocycles. The Labute approximate surface area is 96.4 Å². The smallest absolute Gasteiger partial charge is 0.338 e. The van der Waals surface area contributed by atoms with Gasteiger partial charge in [0, 0.05) is 12.0 Å². The first kappa shape index (κ1) is 11.7. The minimum absolute atomic E-state index is 0.000648. The molecule has 0 bridgehead atoms. The third-order valence-electron chi connectivity index (χ3n) is 2.85. The molecule has 0 saturated carbocycles. The zero-order valence-electron chi connectivity index (χ0n) is 9.13. The van der Waals surface area contributed by atoms with E-state index in [2.05, 4.69) is 4.74 Å². The Kier molecular flexibility index (Phi) is 2.69. The molecule has 0 N–H and O–H groups in total. The summed E-state index contributed by atoms with van der Waals surface area (Å²) >= 11 is 0. The van der Waals surface area contributed by atoms with E-state index in [0.29, 0.717) is 5.56 Å². The fraction of sp³-hybridized carbons (Fsp3) is 0.333. The predicted molar refractivity (Wildman–Crippen MR) is 55.4 cm³/mol. The second-order valence-corrected chi connectivity index (χ2v) is 3.86. The molecule has 1 aliphatic carbocycles. The number of carbonyl (C=O) groups excluding carboxylic acids is 2. The Bertz CT molecular complexity index is 495. The molecule has 2 rings (SSSR count). The van der Waals surface area contributed by atoms with Crippen LogP contribution in [0, 0.1) is 0 Å². The minimum Gasteiger partial charge on any atom is -0.465 e. The van der Waals surface area contributed by atoms with Gasteiger partial charge in [0.25, 0.3) is 0 Å². The molecule has 0 aliphatic heterocycles. The number of benzene rings is 1. The molecule has 0 amide bonds. The second-order valence-electron chi connectivity index (χ2n) is 3.86. The van der Waals surface area contributed by atoms with Gasteiger partial charge in [0.05, 0.1) is 12.7 Å². The number of halogens is 2. The van der Waals surface area contributed by atoms with E-state index < -0.39 is 24.1 Å². The lowest BCUT2D eigenvalue weighted by molar-refractivity contribution is 0.00190. The predicted octanol–water partition coefficient (Wildman–Crippen LogP) is 2.24. The number of ketones is 1. The molecule has 0 atom stereocenters. The average Bonchev–Trinajstić information content (AvgIpc) is 2.32. The van der Waals surface area contributed by atoms with Gasteiger partial charge in [0.1, 0.15) is 0 Å². The Morgan fingerprint density at radius 2 is 2.12 bits per heavy atom. The van der Waals surface area contributed by atoms with Crippen LogP contribution >= 0.6 is 0 Å². The van der Waals surface area contributed by atoms with Gasteiger partial charge in [-0.1, -0.05) is 12.1 Å². The lowest BCUT2D eigenvalue weighted by Crippen LogP contribution is -2.35. The highest BCUT2D eigenvalue weighted by molar-refractivity contribution is 6.06. The number of carbonyl (C=O) groups is 2. The van der Waals surface area contributed by atoms with Crippen LogP contribution in [0.4, 0.5) is 8.78 Å². The monoisotopic (exact) mass is 240 g/mol. The van der Waals surface area contributed by atoms with Gasteiger partial charge in [0.15, 0.2) is 0 Å². The molecule has 3 nitrogen and oxygen atoms in total. The van der Waals surface area contributed by atoms with Crippen LogP contribution in [0.2, 0.25) is 0 Å². The first-order valence-electron chi connectivity index (χ1n) is 5.10. The number of hydrogen-bond acceptors (Lipinski definition) is 3. The molecule has 0 fully saturated rings. The molecule has 0 radical (unpaired) electrons. The maximum absolute atomic E-state index is 13.2. The van der Waals surface area contributed by atoms with Gasteiger partial charge in [-0.25, -0.2) is 4.79 Å². The van der Waals surface area contributed by atoms with Crippen LogP contribution in [0.1, 0.15) is 32.7 Å². The van der Waals surface area contributed by atoms with Gasteiger partial charge >= 0.3 is 11.9 Å². The Morgan fingerprint density at radius 1 is 1.41 bits per heavy atom. The molecular weight excluding hydrogens is 230 g/mol. The van der Waals surface area contributed by atoms with Gasteiger partial charge < -0.3 is 4.74 Å². The number of Topliss-reactive ketones (excluding diaryl/α,β-unsaturated/α-hetero) is 1. The summed E-state index contributed by atoms with van der Waals surface area (Å²) in [7, 11) is 1.21. The Hall–Kier alpha value is -1.78. The van der Waals surface area contributed by atoms with E-state index in [-0.39, 0.29) is 17.5 Å². The van der Waals surface area contributed by atoms with Crippen molar-refractivity contribution < 1.29 is 23.1 Å². The largest absolute Gasteiger partial charge is 0.465 e. The second kappa shape index (κ2) is 3.91. The van der Waals surface area contributed by atoms with E-state index in [1.807, 2.05) is 0 Å². The molecule has 1 aromatic rings. The summed E-state index contributed by atoms with van der Waals surface area (Å²) in [6, 6.07) is 4.20. The number of fused-ring (bicyclic) bond motifs is 1. The normalized spacial score (nSPS) is 17.5. The van der Waals surface area contributed by atoms with Gasteiger partial charge in [-0.05, 0) is 18.1 Å². The average molecular weight is 240 g/mol. The molecule has 5 heteroatoms. The van der Waals surface area contributed by atoms with Crippen LogP contribution in [0.15, 0.2) is 18.2 Å². The van der Waals surface area contributed by atoms with Crippen molar-refractivity contribution in [1.82, 2.24) is 0 Å². The van der Waals surface area contributed by atoms with Crippen LogP contribution in [0.3, 0.4) is 0 Å². The fourth-order valence-corrected chi connectivity index (χ4v) is 1.96. The van der Waals surface area contributed by atoms with Crippen molar-refractivity contribution in [2.24, 2.45) is 0 Å². The number of methoxy groups -OCH3 is 1. The summed E-state index contributed by atoms with van der Waals surface area (Å²) in [5.41, 5.74) is 0.466. The maximum Gasteiger partial charge on any atom is 0.338 e. The third kappa shape index (κ3) is 1.81. The van der Waals surface area contributed by atoms with Crippen molar-refractivity contribution in [3.8, 4) is 0 Å². The summed E-state index contributed by atoms with van der Waals surface area (Å²) in [4.78, 5) is 22.9. The Balaban J connectivity index is 2.55. The van der Waals surface area contributed by atoms with E-state index >= 15 is 0 Å². The van der Waals surface area contributed by atoms with Crippen LogP contribution in [0.25, 0.3) is 0 Å². The lowest BCUT2D eigenvalue weighted by atomic mass is 9.85. The number of alkyl halides is 2. The molecule has 90 valence electrons. The number of hydrogen-bond donors (Lipinski definition) is 0. The van der Waals surface area contributed by atoms with Crippen LogP contribution in [0.5, 0.6) is 0 Å². The molecular formula is C12H10F2O3. The maximum atomic E-state index is 13.2. The van der Waals surface area contributed by atoms with Crippen molar-refractivity contribution >= 4 is 11.8 Å². The summed E-state index contributed by atoms with van der Waals surface area (Å²) in [5.74, 6) is -5.16. The molecule has 0 aromatic heterocycles. The van der Waals surface area contributed by atoms with Crippen LogP contribution in [-0.2, 0) is 11.2 Å². The molecule has 0 unspecified atom stereocenters. The molecule has 1 aliphatic rings.